The van der Waals surface area contributed by atoms with Crippen molar-refractivity contribution < 1.29 is 18.7 Å². The quantitative estimate of drug-likeness (QED) is 0.732. The van der Waals surface area contributed by atoms with Crippen LogP contribution in [0.25, 0.3) is 0 Å². The van der Waals surface area contributed by atoms with Crippen LogP contribution in [0.15, 0.2) is 18.2 Å². The Morgan fingerprint density at radius 2 is 1.84 bits per heavy atom. The van der Waals surface area contributed by atoms with E-state index in [1.165, 1.54) is 17.0 Å². The van der Waals surface area contributed by atoms with Crippen molar-refractivity contribution in [3.05, 3.63) is 29.6 Å². The van der Waals surface area contributed by atoms with Gasteiger partial charge in [-0.1, -0.05) is 22.0 Å². The average Bonchev–Trinajstić information content (AvgIpc) is 2.44. The standard InChI is InChI=1S/C18H26BrFN2O3/c1-12-7-8-13(20)9-14(12)22(15(23)10-19)11-18(5,6)21-16(24)25-17(2,3)4/h7-9H,10-11H2,1-6H3,(H,21,24). The third-order valence-electron chi connectivity index (χ3n) is 3.27. The fraction of sp³-hybridized carbons (Fsp3) is 0.556. The minimum atomic E-state index is -0.779. The van der Waals surface area contributed by atoms with Gasteiger partial charge in [0.2, 0.25) is 5.91 Å². The van der Waals surface area contributed by atoms with Gasteiger partial charge in [-0.15, -0.1) is 0 Å². The average molecular weight is 417 g/mol. The number of hydrogen-bond acceptors (Lipinski definition) is 3. The molecular weight excluding hydrogens is 391 g/mol. The van der Waals surface area contributed by atoms with Crippen molar-refractivity contribution in [2.45, 2.75) is 52.7 Å². The maximum atomic E-state index is 13.7. The van der Waals surface area contributed by atoms with Gasteiger partial charge >= 0.3 is 6.09 Å². The molecule has 0 aliphatic rings. The third kappa shape index (κ3) is 7.02. The van der Waals surface area contributed by atoms with Crippen LogP contribution in [-0.2, 0) is 9.53 Å². The molecule has 0 unspecified atom stereocenters. The minimum absolute atomic E-state index is 0.0888. The van der Waals surface area contributed by atoms with Crippen LogP contribution >= 0.6 is 15.9 Å². The van der Waals surface area contributed by atoms with Crippen LogP contribution < -0.4 is 10.2 Å². The summed E-state index contributed by atoms with van der Waals surface area (Å²) < 4.78 is 18.9. The molecule has 0 aliphatic heterocycles. The predicted octanol–water partition coefficient (Wildman–Crippen LogP) is 4.17. The molecule has 0 aliphatic carbocycles. The summed E-state index contributed by atoms with van der Waals surface area (Å²) in [6, 6.07) is 4.28. The summed E-state index contributed by atoms with van der Waals surface area (Å²) in [5.41, 5.74) is -0.156. The number of nitrogens with zero attached hydrogens (tertiary/aromatic N) is 1. The molecular formula is C18H26BrFN2O3. The molecule has 0 aromatic heterocycles. The number of nitrogens with one attached hydrogen (secondary N) is 1. The number of alkyl halides is 1. The maximum Gasteiger partial charge on any atom is 0.408 e. The lowest BCUT2D eigenvalue weighted by atomic mass is 10.0. The van der Waals surface area contributed by atoms with Crippen molar-refractivity contribution in [3.63, 3.8) is 0 Å². The van der Waals surface area contributed by atoms with Crippen LogP contribution in [0.1, 0.15) is 40.2 Å². The summed E-state index contributed by atoms with van der Waals surface area (Å²) in [7, 11) is 0. The molecule has 5 nitrogen and oxygen atoms in total. The number of amides is 2. The first-order chi connectivity index (χ1) is 11.3. The molecule has 0 atom stereocenters. The Morgan fingerprint density at radius 3 is 2.36 bits per heavy atom. The highest BCUT2D eigenvalue weighted by atomic mass is 79.9. The fourth-order valence-corrected chi connectivity index (χ4v) is 2.57. The fourth-order valence-electron chi connectivity index (χ4n) is 2.27. The molecule has 2 amide bonds. The van der Waals surface area contributed by atoms with Crippen molar-refractivity contribution >= 4 is 33.6 Å². The van der Waals surface area contributed by atoms with Gasteiger partial charge in [-0.3, -0.25) is 4.79 Å². The Labute approximate surface area is 157 Å². The highest BCUT2D eigenvalue weighted by molar-refractivity contribution is 9.09. The Kier molecular flexibility index (Phi) is 6.99. The molecule has 1 aromatic carbocycles. The summed E-state index contributed by atoms with van der Waals surface area (Å²) in [6.07, 6.45) is -0.570. The minimum Gasteiger partial charge on any atom is -0.444 e. The number of benzene rings is 1. The first-order valence-electron chi connectivity index (χ1n) is 7.98. The number of alkyl carbamates (subject to hydrolysis) is 1. The Hall–Kier alpha value is -1.63. The van der Waals surface area contributed by atoms with Gasteiger partial charge in [0.25, 0.3) is 0 Å². The van der Waals surface area contributed by atoms with Gasteiger partial charge in [0.15, 0.2) is 0 Å². The second-order valence-electron chi connectivity index (χ2n) is 7.56. The first-order valence-corrected chi connectivity index (χ1v) is 9.10. The molecule has 0 saturated carbocycles. The van der Waals surface area contributed by atoms with Gasteiger partial charge in [-0.25, -0.2) is 9.18 Å². The van der Waals surface area contributed by atoms with E-state index in [1.54, 1.807) is 47.6 Å². The molecule has 7 heteroatoms. The van der Waals surface area contributed by atoms with Gasteiger partial charge in [-0.05, 0) is 59.2 Å². The Bertz CT molecular complexity index is 642. The summed E-state index contributed by atoms with van der Waals surface area (Å²) in [4.78, 5) is 25.9. The number of halogens is 2. The van der Waals surface area contributed by atoms with E-state index < -0.39 is 23.1 Å². The van der Waals surface area contributed by atoms with E-state index in [-0.39, 0.29) is 17.8 Å². The molecule has 0 spiro atoms. The van der Waals surface area contributed by atoms with E-state index in [2.05, 4.69) is 21.2 Å². The molecule has 1 N–H and O–H groups in total. The van der Waals surface area contributed by atoms with Crippen LogP contribution in [0.2, 0.25) is 0 Å². The van der Waals surface area contributed by atoms with Crippen molar-refractivity contribution in [2.24, 2.45) is 0 Å². The van der Waals surface area contributed by atoms with Crippen molar-refractivity contribution in [3.8, 4) is 0 Å². The molecule has 0 heterocycles. The Balaban J connectivity index is 3.03. The molecule has 1 rings (SSSR count). The van der Waals surface area contributed by atoms with Gasteiger partial charge in [0, 0.05) is 12.2 Å². The largest absolute Gasteiger partial charge is 0.444 e. The molecule has 25 heavy (non-hydrogen) atoms. The van der Waals surface area contributed by atoms with Gasteiger partial charge < -0.3 is 15.0 Å². The first kappa shape index (κ1) is 21.4. The maximum absolute atomic E-state index is 13.7. The van der Waals surface area contributed by atoms with Crippen molar-refractivity contribution in [2.75, 3.05) is 16.8 Å². The highest BCUT2D eigenvalue weighted by Crippen LogP contribution is 2.24. The number of anilines is 1. The van der Waals surface area contributed by atoms with Crippen LogP contribution in [0, 0.1) is 12.7 Å². The van der Waals surface area contributed by atoms with Crippen molar-refractivity contribution in [1.29, 1.82) is 0 Å². The second kappa shape index (κ2) is 8.17. The number of aryl methyl sites for hydroxylation is 1. The molecule has 1 aromatic rings. The summed E-state index contributed by atoms with van der Waals surface area (Å²) in [6.45, 7) is 10.8. The number of carbonyl (C=O) groups excluding carboxylic acids is 2. The molecule has 0 fully saturated rings. The molecule has 0 radical (unpaired) electrons. The summed E-state index contributed by atoms with van der Waals surface area (Å²) in [5.74, 6) is -0.654. The lowest BCUT2D eigenvalue weighted by Crippen LogP contribution is -2.54. The van der Waals surface area contributed by atoms with Crippen molar-refractivity contribution in [1.82, 2.24) is 5.32 Å². The number of ether oxygens (including phenoxy) is 1. The van der Waals surface area contributed by atoms with Gasteiger partial charge in [0.1, 0.15) is 11.4 Å². The van der Waals surface area contributed by atoms with E-state index in [1.807, 2.05) is 0 Å². The topological polar surface area (TPSA) is 58.6 Å². The zero-order valence-electron chi connectivity index (χ0n) is 15.6. The summed E-state index contributed by atoms with van der Waals surface area (Å²) >= 11 is 3.16. The SMILES string of the molecule is Cc1ccc(F)cc1N(CC(C)(C)NC(=O)OC(C)(C)C)C(=O)CBr. The lowest BCUT2D eigenvalue weighted by Gasteiger charge is -2.34. The van der Waals surface area contributed by atoms with E-state index >= 15 is 0 Å². The van der Waals surface area contributed by atoms with Crippen LogP contribution in [0.5, 0.6) is 0 Å². The number of carbonyl (C=O) groups is 2. The lowest BCUT2D eigenvalue weighted by molar-refractivity contribution is -0.116. The number of rotatable bonds is 5. The summed E-state index contributed by atoms with van der Waals surface area (Å²) in [5, 5.41) is 2.85. The van der Waals surface area contributed by atoms with Crippen LogP contribution in [0.3, 0.4) is 0 Å². The number of hydrogen-bond donors (Lipinski definition) is 1. The zero-order valence-corrected chi connectivity index (χ0v) is 17.2. The third-order valence-corrected chi connectivity index (χ3v) is 3.75. The van der Waals surface area contributed by atoms with Gasteiger partial charge in [0.05, 0.1) is 10.9 Å². The molecule has 140 valence electrons. The molecule has 0 bridgehead atoms. The second-order valence-corrected chi connectivity index (χ2v) is 8.12. The van der Waals surface area contributed by atoms with E-state index in [4.69, 9.17) is 4.74 Å². The Morgan fingerprint density at radius 1 is 1.24 bits per heavy atom. The van der Waals surface area contributed by atoms with Crippen LogP contribution in [-0.4, -0.2) is 35.0 Å². The van der Waals surface area contributed by atoms with E-state index in [0.717, 1.165) is 5.56 Å². The normalized spacial score (nSPS) is 11.8. The monoisotopic (exact) mass is 416 g/mol. The smallest absolute Gasteiger partial charge is 0.408 e. The van der Waals surface area contributed by atoms with E-state index in [9.17, 15) is 14.0 Å². The van der Waals surface area contributed by atoms with Gasteiger partial charge in [-0.2, -0.15) is 0 Å². The predicted molar refractivity (Wildman–Crippen MR) is 101 cm³/mol. The van der Waals surface area contributed by atoms with Crippen LogP contribution in [0.4, 0.5) is 14.9 Å². The van der Waals surface area contributed by atoms with E-state index in [0.29, 0.717) is 5.69 Å². The highest BCUT2D eigenvalue weighted by Gasteiger charge is 2.30. The zero-order chi connectivity index (χ0) is 19.4. The molecule has 0 saturated heterocycles.